The minimum atomic E-state index is -0.765. The first-order chi connectivity index (χ1) is 21.3. The standard InChI is InChI=1S/C35H32BrN3O5/c36-29-16-21(6-11-30(29)44-20-31(40)37-26-4-2-1-3-5-26)15-28-32(41)38-34(43)39(33(28)42)27-9-7-25(8-10-27)35-17-22-12-23(18-35)14-24(13-22)19-35/h1-11,15-16,22-24H,12-14,17-20H2,(H,37,40)(H,38,41,43)/b28-15+. The summed E-state index contributed by atoms with van der Waals surface area (Å²) in [6.45, 7) is -0.201. The normalized spacial score (nSPS) is 26.6. The van der Waals surface area contributed by atoms with Crippen molar-refractivity contribution in [3.05, 3.63) is 94.0 Å². The molecule has 1 heterocycles. The molecule has 224 valence electrons. The van der Waals surface area contributed by atoms with Crippen LogP contribution < -0.4 is 20.3 Å². The topological polar surface area (TPSA) is 105 Å². The Kier molecular flexibility index (Phi) is 7.36. The molecule has 8 rings (SSSR count). The van der Waals surface area contributed by atoms with Gasteiger partial charge in [0, 0.05) is 5.69 Å². The Morgan fingerprint density at radius 3 is 2.23 bits per heavy atom. The molecule has 0 unspecified atom stereocenters. The highest BCUT2D eigenvalue weighted by molar-refractivity contribution is 9.10. The lowest BCUT2D eigenvalue weighted by Gasteiger charge is -2.57. The molecule has 5 fully saturated rings. The Bertz CT molecular complexity index is 1650. The fraction of sp³-hybridized carbons (Fsp3) is 0.314. The zero-order chi connectivity index (χ0) is 30.4. The van der Waals surface area contributed by atoms with Crippen molar-refractivity contribution < 1.29 is 23.9 Å². The van der Waals surface area contributed by atoms with E-state index in [4.69, 9.17) is 4.74 Å². The minimum absolute atomic E-state index is 0.155. The van der Waals surface area contributed by atoms with E-state index in [1.54, 1.807) is 30.3 Å². The fourth-order valence-electron chi connectivity index (χ4n) is 8.07. The van der Waals surface area contributed by atoms with Crippen LogP contribution in [0.1, 0.15) is 49.7 Å². The molecule has 3 aromatic carbocycles. The number of hydrogen-bond donors (Lipinski definition) is 2. The van der Waals surface area contributed by atoms with Crippen LogP contribution in [0.4, 0.5) is 16.2 Å². The van der Waals surface area contributed by atoms with E-state index in [1.165, 1.54) is 50.2 Å². The average molecular weight is 655 g/mol. The van der Waals surface area contributed by atoms with Gasteiger partial charge in [0.15, 0.2) is 6.61 Å². The van der Waals surface area contributed by atoms with Crippen LogP contribution in [-0.2, 0) is 19.8 Å². The van der Waals surface area contributed by atoms with E-state index in [9.17, 15) is 19.2 Å². The van der Waals surface area contributed by atoms with Gasteiger partial charge >= 0.3 is 6.03 Å². The molecule has 0 aromatic heterocycles. The van der Waals surface area contributed by atoms with Crippen LogP contribution in [-0.4, -0.2) is 30.4 Å². The van der Waals surface area contributed by atoms with Crippen molar-refractivity contribution in [1.29, 1.82) is 0 Å². The van der Waals surface area contributed by atoms with E-state index in [1.807, 2.05) is 30.3 Å². The summed E-state index contributed by atoms with van der Waals surface area (Å²) in [5.74, 6) is 1.11. The molecule has 1 aliphatic heterocycles. The Hall–Kier alpha value is -4.24. The number of para-hydroxylation sites is 1. The molecule has 4 aliphatic carbocycles. The van der Waals surface area contributed by atoms with Crippen LogP contribution >= 0.6 is 15.9 Å². The number of imide groups is 2. The summed E-state index contributed by atoms with van der Waals surface area (Å²) in [7, 11) is 0. The number of anilines is 2. The summed E-state index contributed by atoms with van der Waals surface area (Å²) in [6.07, 6.45) is 9.20. The van der Waals surface area contributed by atoms with Crippen LogP contribution in [0.15, 0.2) is 82.8 Å². The molecule has 1 saturated heterocycles. The van der Waals surface area contributed by atoms with Gasteiger partial charge in [0.2, 0.25) is 0 Å². The number of rotatable bonds is 7. The fourth-order valence-corrected chi connectivity index (χ4v) is 8.58. The third-order valence-corrected chi connectivity index (χ3v) is 10.2. The van der Waals surface area contributed by atoms with Crippen LogP contribution in [0.5, 0.6) is 5.75 Å². The molecule has 44 heavy (non-hydrogen) atoms. The van der Waals surface area contributed by atoms with E-state index in [0.717, 1.165) is 22.7 Å². The molecule has 0 atom stereocenters. The third kappa shape index (κ3) is 5.45. The SMILES string of the molecule is O=C(COc1ccc(/C=C2\C(=O)NC(=O)N(c3ccc(C45CC6CC(CC(C6)C4)C5)cc3)C2=O)cc1Br)Nc1ccccc1. The molecular weight excluding hydrogens is 622 g/mol. The number of benzene rings is 3. The number of ether oxygens (including phenoxy) is 1. The minimum Gasteiger partial charge on any atom is -0.483 e. The summed E-state index contributed by atoms with van der Waals surface area (Å²) in [5, 5.41) is 5.07. The maximum absolute atomic E-state index is 13.5. The van der Waals surface area contributed by atoms with E-state index < -0.39 is 17.8 Å². The first kappa shape index (κ1) is 28.5. The number of nitrogens with one attached hydrogen (secondary N) is 2. The van der Waals surface area contributed by atoms with Crippen molar-refractivity contribution in [2.45, 2.75) is 43.9 Å². The number of halogens is 1. The summed E-state index contributed by atoms with van der Waals surface area (Å²) in [4.78, 5) is 52.4. The highest BCUT2D eigenvalue weighted by atomic mass is 79.9. The van der Waals surface area contributed by atoms with Crippen molar-refractivity contribution in [2.24, 2.45) is 17.8 Å². The lowest BCUT2D eigenvalue weighted by atomic mass is 9.48. The lowest BCUT2D eigenvalue weighted by Crippen LogP contribution is -2.54. The number of carbonyl (C=O) groups excluding carboxylic acids is 4. The summed E-state index contributed by atoms with van der Waals surface area (Å²) in [6, 6.07) is 21.1. The molecule has 8 nitrogen and oxygen atoms in total. The Balaban J connectivity index is 1.05. The number of barbiturate groups is 1. The van der Waals surface area contributed by atoms with E-state index in [-0.39, 0.29) is 23.5 Å². The number of hydrogen-bond acceptors (Lipinski definition) is 5. The maximum atomic E-state index is 13.5. The number of urea groups is 1. The molecule has 0 radical (unpaired) electrons. The van der Waals surface area contributed by atoms with Crippen molar-refractivity contribution in [3.63, 3.8) is 0 Å². The molecular formula is C35H32BrN3O5. The first-order valence-corrected chi connectivity index (χ1v) is 15.8. The molecule has 4 saturated carbocycles. The van der Waals surface area contributed by atoms with E-state index in [0.29, 0.717) is 27.2 Å². The van der Waals surface area contributed by atoms with Crippen molar-refractivity contribution >= 4 is 57.1 Å². The predicted molar refractivity (Wildman–Crippen MR) is 170 cm³/mol. The number of nitrogens with zero attached hydrogens (tertiary/aromatic N) is 1. The second-order valence-corrected chi connectivity index (χ2v) is 13.4. The highest BCUT2D eigenvalue weighted by Gasteiger charge is 2.51. The van der Waals surface area contributed by atoms with Crippen molar-refractivity contribution in [2.75, 3.05) is 16.8 Å². The van der Waals surface area contributed by atoms with Gasteiger partial charge in [0.05, 0.1) is 10.2 Å². The largest absolute Gasteiger partial charge is 0.483 e. The van der Waals surface area contributed by atoms with Gasteiger partial charge in [-0.1, -0.05) is 36.4 Å². The molecule has 3 aromatic rings. The van der Waals surface area contributed by atoms with Crippen LogP contribution in [0, 0.1) is 17.8 Å². The molecule has 5 amide bonds. The molecule has 9 heteroatoms. The average Bonchev–Trinajstić information content (AvgIpc) is 2.99. The van der Waals surface area contributed by atoms with Crippen LogP contribution in [0.2, 0.25) is 0 Å². The second kappa shape index (κ2) is 11.4. The molecule has 2 N–H and O–H groups in total. The first-order valence-electron chi connectivity index (χ1n) is 15.1. The summed E-state index contributed by atoms with van der Waals surface area (Å²) >= 11 is 3.45. The van der Waals surface area contributed by atoms with Crippen molar-refractivity contribution in [1.82, 2.24) is 5.32 Å². The maximum Gasteiger partial charge on any atom is 0.335 e. The lowest BCUT2D eigenvalue weighted by molar-refractivity contribution is -0.122. The monoisotopic (exact) mass is 653 g/mol. The number of amides is 5. The van der Waals surface area contributed by atoms with Gasteiger partial charge in [-0.3, -0.25) is 19.7 Å². The van der Waals surface area contributed by atoms with Crippen LogP contribution in [0.25, 0.3) is 6.08 Å². The third-order valence-electron chi connectivity index (χ3n) is 9.56. The molecule has 4 bridgehead atoms. The second-order valence-electron chi connectivity index (χ2n) is 12.6. The van der Waals surface area contributed by atoms with Gasteiger partial charge in [-0.15, -0.1) is 0 Å². The van der Waals surface area contributed by atoms with Gasteiger partial charge in [0.25, 0.3) is 17.7 Å². The summed E-state index contributed by atoms with van der Waals surface area (Å²) < 4.78 is 6.19. The van der Waals surface area contributed by atoms with Gasteiger partial charge in [-0.05, 0) is 131 Å². The smallest absolute Gasteiger partial charge is 0.335 e. The zero-order valence-corrected chi connectivity index (χ0v) is 25.6. The zero-order valence-electron chi connectivity index (χ0n) is 24.1. The summed E-state index contributed by atoms with van der Waals surface area (Å²) in [5.41, 5.74) is 2.99. The highest BCUT2D eigenvalue weighted by Crippen LogP contribution is 2.60. The van der Waals surface area contributed by atoms with Crippen LogP contribution in [0.3, 0.4) is 0 Å². The van der Waals surface area contributed by atoms with E-state index >= 15 is 0 Å². The van der Waals surface area contributed by atoms with Gasteiger partial charge in [0.1, 0.15) is 11.3 Å². The Morgan fingerprint density at radius 1 is 0.932 bits per heavy atom. The van der Waals surface area contributed by atoms with Crippen molar-refractivity contribution in [3.8, 4) is 5.75 Å². The quantitative estimate of drug-likeness (QED) is 0.221. The molecule has 0 spiro atoms. The molecule has 5 aliphatic rings. The van der Waals surface area contributed by atoms with Gasteiger partial charge < -0.3 is 10.1 Å². The Morgan fingerprint density at radius 2 is 1.59 bits per heavy atom. The predicted octanol–water partition coefficient (Wildman–Crippen LogP) is 6.60. The Labute approximate surface area is 264 Å². The van der Waals surface area contributed by atoms with Gasteiger partial charge in [-0.2, -0.15) is 0 Å². The van der Waals surface area contributed by atoms with E-state index in [2.05, 4.69) is 38.7 Å². The number of carbonyl (C=O) groups is 4. The van der Waals surface area contributed by atoms with Gasteiger partial charge in [-0.25, -0.2) is 9.69 Å².